The number of rotatable bonds is 2. The highest BCUT2D eigenvalue weighted by atomic mass is 32.1. The number of benzene rings is 1. The highest BCUT2D eigenvalue weighted by Crippen LogP contribution is 2.33. The van der Waals surface area contributed by atoms with Crippen LogP contribution in [0, 0.1) is 11.6 Å². The second kappa shape index (κ2) is 6.33. The third kappa shape index (κ3) is 2.91. The molecule has 0 fully saturated rings. The topological polar surface area (TPSA) is 37.3 Å². The number of nitrogens with zero attached hydrogens (tertiary/aromatic N) is 2. The first-order chi connectivity index (χ1) is 12.1. The van der Waals surface area contributed by atoms with Gasteiger partial charge in [0.15, 0.2) is 11.6 Å². The van der Waals surface area contributed by atoms with Crippen LogP contribution in [0.1, 0.15) is 17.3 Å². The van der Waals surface area contributed by atoms with Crippen molar-refractivity contribution >= 4 is 22.4 Å². The van der Waals surface area contributed by atoms with E-state index in [1.54, 1.807) is 4.90 Å². The predicted molar refractivity (Wildman–Crippen MR) is 92.7 cm³/mol. The molecule has 1 N–H and O–H groups in total. The number of amides is 2. The van der Waals surface area contributed by atoms with E-state index in [9.17, 15) is 13.6 Å². The van der Waals surface area contributed by atoms with Gasteiger partial charge in [-0.1, -0.05) is 6.07 Å². The molecule has 0 spiro atoms. The Bertz CT molecular complexity index is 907. The Morgan fingerprint density at radius 2 is 2.00 bits per heavy atom. The highest BCUT2D eigenvalue weighted by molar-refractivity contribution is 7.14. The zero-order valence-electron chi connectivity index (χ0n) is 13.2. The molecule has 0 bridgehead atoms. The summed E-state index contributed by atoms with van der Waals surface area (Å²) in [7, 11) is 0. The fourth-order valence-corrected chi connectivity index (χ4v) is 3.77. The third-order valence-electron chi connectivity index (χ3n) is 4.31. The van der Waals surface area contributed by atoms with Crippen LogP contribution in [-0.4, -0.2) is 22.0 Å². The maximum absolute atomic E-state index is 13.8. The van der Waals surface area contributed by atoms with Crippen molar-refractivity contribution in [3.63, 3.8) is 0 Å². The first-order valence-electron chi connectivity index (χ1n) is 7.84. The summed E-state index contributed by atoms with van der Waals surface area (Å²) in [5, 5.41) is 5.49. The number of halogens is 2. The van der Waals surface area contributed by atoms with Crippen LogP contribution in [0.15, 0.2) is 54.0 Å². The molecule has 3 heterocycles. The number of nitrogens with one attached hydrogen (secondary N) is 1. The number of thiophene rings is 1. The number of aromatic nitrogens is 1. The molecule has 4 rings (SSSR count). The minimum atomic E-state index is -0.917. The van der Waals surface area contributed by atoms with Gasteiger partial charge in [0.25, 0.3) is 0 Å². The Morgan fingerprint density at radius 3 is 2.76 bits per heavy atom. The molecule has 7 heteroatoms. The van der Waals surface area contributed by atoms with Gasteiger partial charge in [0.05, 0.1) is 11.0 Å². The number of hydrogen-bond donors (Lipinski definition) is 1. The van der Waals surface area contributed by atoms with Crippen LogP contribution >= 0.6 is 11.3 Å². The van der Waals surface area contributed by atoms with Crippen molar-refractivity contribution in [2.75, 3.05) is 11.9 Å². The lowest BCUT2D eigenvalue weighted by atomic mass is 10.00. The molecule has 25 heavy (non-hydrogen) atoms. The minimum Gasteiger partial charge on any atom is -0.348 e. The molecule has 0 saturated carbocycles. The largest absolute Gasteiger partial charge is 0.348 e. The maximum Gasteiger partial charge on any atom is 0.323 e. The maximum atomic E-state index is 13.8. The molecular formula is C18H15F2N3OS. The van der Waals surface area contributed by atoms with Gasteiger partial charge in [0, 0.05) is 25.0 Å². The Balaban J connectivity index is 1.72. The second-order valence-electron chi connectivity index (χ2n) is 5.80. The average molecular weight is 359 g/mol. The summed E-state index contributed by atoms with van der Waals surface area (Å²) in [4.78, 5) is 14.4. The van der Waals surface area contributed by atoms with Crippen molar-refractivity contribution in [3.05, 3.63) is 76.9 Å². The summed E-state index contributed by atoms with van der Waals surface area (Å²) in [6, 6.07) is 10.5. The molecule has 1 unspecified atom stereocenters. The van der Waals surface area contributed by atoms with Gasteiger partial charge in [0.2, 0.25) is 0 Å². The van der Waals surface area contributed by atoms with E-state index in [-0.39, 0.29) is 6.03 Å². The standard InChI is InChI=1S/C18H15F2N3OS/c19-13-6-5-12(11-14(13)20)17-15-3-1-7-22(15)8-9-23(17)18(24)21-16-4-2-10-25-16/h1-7,10-11,17H,8-9H2,(H,21,24). The van der Waals surface area contributed by atoms with Gasteiger partial charge < -0.3 is 9.47 Å². The quantitative estimate of drug-likeness (QED) is 0.720. The zero-order valence-corrected chi connectivity index (χ0v) is 14.0. The Kier molecular flexibility index (Phi) is 4.01. The van der Waals surface area contributed by atoms with Gasteiger partial charge in [-0.15, -0.1) is 11.3 Å². The van der Waals surface area contributed by atoms with Gasteiger partial charge in [-0.25, -0.2) is 13.6 Å². The smallest absolute Gasteiger partial charge is 0.323 e. The summed E-state index contributed by atoms with van der Waals surface area (Å²) < 4.78 is 29.1. The van der Waals surface area contributed by atoms with Gasteiger partial charge >= 0.3 is 6.03 Å². The second-order valence-corrected chi connectivity index (χ2v) is 6.75. The van der Waals surface area contributed by atoms with Crippen LogP contribution in [0.4, 0.5) is 18.6 Å². The van der Waals surface area contributed by atoms with E-state index in [1.807, 2.05) is 40.4 Å². The molecule has 2 amide bonds. The Morgan fingerprint density at radius 1 is 1.12 bits per heavy atom. The average Bonchev–Trinajstić information content (AvgIpc) is 3.27. The van der Waals surface area contributed by atoms with Crippen LogP contribution in [0.25, 0.3) is 0 Å². The molecule has 4 nitrogen and oxygen atoms in total. The molecule has 1 atom stereocenters. The van der Waals surface area contributed by atoms with E-state index in [4.69, 9.17) is 0 Å². The summed E-state index contributed by atoms with van der Waals surface area (Å²) in [6.07, 6.45) is 1.93. The van der Waals surface area contributed by atoms with Crippen molar-refractivity contribution in [2.24, 2.45) is 0 Å². The minimum absolute atomic E-state index is 0.260. The molecule has 1 aliphatic rings. The van der Waals surface area contributed by atoms with Crippen LogP contribution < -0.4 is 5.32 Å². The van der Waals surface area contributed by atoms with Crippen LogP contribution in [0.5, 0.6) is 0 Å². The fraction of sp³-hybridized carbons (Fsp3) is 0.167. The number of carbonyl (C=O) groups excluding carboxylic acids is 1. The summed E-state index contributed by atoms with van der Waals surface area (Å²) >= 11 is 1.43. The third-order valence-corrected chi connectivity index (χ3v) is 5.10. The first-order valence-corrected chi connectivity index (χ1v) is 8.72. The lowest BCUT2D eigenvalue weighted by Crippen LogP contribution is -2.44. The van der Waals surface area contributed by atoms with Crippen molar-refractivity contribution in [3.8, 4) is 0 Å². The molecule has 128 valence electrons. The number of urea groups is 1. The van der Waals surface area contributed by atoms with Gasteiger partial charge in [0.1, 0.15) is 0 Å². The lowest BCUT2D eigenvalue weighted by molar-refractivity contribution is 0.181. The van der Waals surface area contributed by atoms with Gasteiger partial charge in [-0.3, -0.25) is 5.32 Å². The van der Waals surface area contributed by atoms with Crippen LogP contribution in [0.3, 0.4) is 0 Å². The summed E-state index contributed by atoms with van der Waals surface area (Å²) in [5.74, 6) is -1.82. The normalized spacial score (nSPS) is 16.6. The van der Waals surface area contributed by atoms with Crippen LogP contribution in [0.2, 0.25) is 0 Å². The first kappa shape index (κ1) is 15.8. The molecule has 2 aromatic heterocycles. The molecule has 1 aromatic carbocycles. The van der Waals surface area contributed by atoms with Crippen molar-refractivity contribution < 1.29 is 13.6 Å². The molecule has 0 saturated heterocycles. The molecule has 3 aromatic rings. The van der Waals surface area contributed by atoms with Crippen molar-refractivity contribution in [1.82, 2.24) is 9.47 Å². The predicted octanol–water partition coefficient (Wildman–Crippen LogP) is 4.46. The number of anilines is 1. The fourth-order valence-electron chi connectivity index (χ4n) is 3.16. The van der Waals surface area contributed by atoms with Gasteiger partial charge in [-0.05, 0) is 47.3 Å². The Hall–Kier alpha value is -2.67. The van der Waals surface area contributed by atoms with Crippen molar-refractivity contribution in [1.29, 1.82) is 0 Å². The zero-order chi connectivity index (χ0) is 17.4. The number of fused-ring (bicyclic) bond motifs is 1. The molecular weight excluding hydrogens is 344 g/mol. The number of hydrogen-bond acceptors (Lipinski definition) is 2. The van der Waals surface area contributed by atoms with E-state index in [0.29, 0.717) is 18.7 Å². The summed E-state index contributed by atoms with van der Waals surface area (Å²) in [6.45, 7) is 1.13. The van der Waals surface area contributed by atoms with Gasteiger partial charge in [-0.2, -0.15) is 0 Å². The monoisotopic (exact) mass is 359 g/mol. The van der Waals surface area contributed by atoms with E-state index in [1.165, 1.54) is 17.4 Å². The van der Waals surface area contributed by atoms with E-state index in [0.717, 1.165) is 22.8 Å². The van der Waals surface area contributed by atoms with E-state index in [2.05, 4.69) is 5.32 Å². The highest BCUT2D eigenvalue weighted by Gasteiger charge is 2.32. The molecule has 0 radical (unpaired) electrons. The Labute approximate surface area is 147 Å². The lowest BCUT2D eigenvalue weighted by Gasteiger charge is -2.37. The van der Waals surface area contributed by atoms with Crippen molar-refractivity contribution in [2.45, 2.75) is 12.6 Å². The molecule has 0 aliphatic carbocycles. The van der Waals surface area contributed by atoms with E-state index < -0.39 is 17.7 Å². The van der Waals surface area contributed by atoms with Crippen LogP contribution in [-0.2, 0) is 6.54 Å². The number of carbonyl (C=O) groups is 1. The SMILES string of the molecule is O=C(Nc1cccs1)N1CCn2cccc2C1c1ccc(F)c(F)c1. The summed E-state index contributed by atoms with van der Waals surface area (Å²) in [5.41, 5.74) is 1.42. The van der Waals surface area contributed by atoms with E-state index >= 15 is 0 Å². The molecule has 1 aliphatic heterocycles.